The van der Waals surface area contributed by atoms with Gasteiger partial charge in [0.15, 0.2) is 6.29 Å². The summed E-state index contributed by atoms with van der Waals surface area (Å²) in [6.45, 7) is 3.85. The first-order valence-electron chi connectivity index (χ1n) is 28.0. The van der Waals surface area contributed by atoms with Crippen LogP contribution in [0.3, 0.4) is 0 Å². The van der Waals surface area contributed by atoms with Crippen molar-refractivity contribution < 1.29 is 39.8 Å². The maximum absolute atomic E-state index is 13.1. The molecule has 6 N–H and O–H groups in total. The molecule has 1 saturated heterocycles. The van der Waals surface area contributed by atoms with Crippen molar-refractivity contribution in [2.24, 2.45) is 0 Å². The van der Waals surface area contributed by atoms with E-state index in [9.17, 15) is 30.3 Å². The number of aliphatic hydroxyl groups excluding tert-OH is 5. The fourth-order valence-electron chi connectivity index (χ4n) is 9.08. The van der Waals surface area contributed by atoms with Gasteiger partial charge < -0.3 is 40.3 Å². The van der Waals surface area contributed by atoms with Gasteiger partial charge in [0.2, 0.25) is 5.91 Å². The van der Waals surface area contributed by atoms with Crippen LogP contribution in [0.15, 0.2) is 24.3 Å². The van der Waals surface area contributed by atoms with Crippen molar-refractivity contribution in [2.45, 2.75) is 314 Å². The third-order valence-electron chi connectivity index (χ3n) is 13.6. The van der Waals surface area contributed by atoms with E-state index in [2.05, 4.69) is 43.5 Å². The molecule has 1 amide bonds. The van der Waals surface area contributed by atoms with Gasteiger partial charge in [0.25, 0.3) is 0 Å². The van der Waals surface area contributed by atoms with Crippen LogP contribution in [-0.4, -0.2) is 87.5 Å². The molecule has 1 aliphatic heterocycles. The lowest BCUT2D eigenvalue weighted by Crippen LogP contribution is -2.60. The lowest BCUT2D eigenvalue weighted by Gasteiger charge is -2.40. The molecule has 1 heterocycles. The van der Waals surface area contributed by atoms with Crippen molar-refractivity contribution in [3.05, 3.63) is 24.3 Å². The van der Waals surface area contributed by atoms with Gasteiger partial charge in [-0.15, -0.1) is 0 Å². The minimum absolute atomic E-state index is 0.136. The molecule has 9 nitrogen and oxygen atoms in total. The number of aliphatic hydroxyl groups is 5. The first-order valence-corrected chi connectivity index (χ1v) is 28.0. The number of allylic oxidation sites excluding steroid dienone is 4. The van der Waals surface area contributed by atoms with Crippen LogP contribution in [-0.2, 0) is 14.3 Å². The second-order valence-electron chi connectivity index (χ2n) is 19.7. The zero-order valence-electron chi connectivity index (χ0n) is 42.5. The van der Waals surface area contributed by atoms with Crippen molar-refractivity contribution >= 4 is 5.91 Å². The van der Waals surface area contributed by atoms with Crippen molar-refractivity contribution in [3.63, 3.8) is 0 Å². The number of hydrogen-bond donors (Lipinski definition) is 6. The van der Waals surface area contributed by atoms with E-state index in [-0.39, 0.29) is 12.5 Å². The predicted molar refractivity (Wildman–Crippen MR) is 272 cm³/mol. The molecule has 0 aromatic rings. The first-order chi connectivity index (χ1) is 31.8. The molecule has 65 heavy (non-hydrogen) atoms. The van der Waals surface area contributed by atoms with Crippen molar-refractivity contribution in [3.8, 4) is 0 Å². The van der Waals surface area contributed by atoms with Gasteiger partial charge in [0, 0.05) is 6.42 Å². The summed E-state index contributed by atoms with van der Waals surface area (Å²) in [5.41, 5.74) is 0. The molecule has 1 aliphatic rings. The molecule has 9 heteroatoms. The largest absolute Gasteiger partial charge is 0.394 e. The molecule has 0 bridgehead atoms. The summed E-state index contributed by atoms with van der Waals surface area (Å²) < 4.78 is 11.3. The van der Waals surface area contributed by atoms with Gasteiger partial charge >= 0.3 is 0 Å². The van der Waals surface area contributed by atoms with E-state index in [1.165, 1.54) is 199 Å². The van der Waals surface area contributed by atoms with Crippen LogP contribution in [0.25, 0.3) is 0 Å². The highest BCUT2D eigenvalue weighted by molar-refractivity contribution is 5.76. The molecule has 7 atom stereocenters. The normalized spacial score (nSPS) is 20.0. The molecule has 0 spiro atoms. The van der Waals surface area contributed by atoms with Gasteiger partial charge in [-0.05, 0) is 44.9 Å². The molecule has 0 aromatic carbocycles. The van der Waals surface area contributed by atoms with Gasteiger partial charge in [-0.2, -0.15) is 0 Å². The maximum atomic E-state index is 13.1. The van der Waals surface area contributed by atoms with Gasteiger partial charge in [0.1, 0.15) is 24.4 Å². The Bertz CT molecular complexity index is 1070. The Morgan fingerprint density at radius 3 is 1.32 bits per heavy atom. The minimum atomic E-state index is -1.55. The Morgan fingerprint density at radius 2 is 0.908 bits per heavy atom. The molecule has 0 aliphatic carbocycles. The zero-order chi connectivity index (χ0) is 47.3. The van der Waals surface area contributed by atoms with Gasteiger partial charge in [-0.3, -0.25) is 4.79 Å². The second-order valence-corrected chi connectivity index (χ2v) is 19.7. The van der Waals surface area contributed by atoms with Gasteiger partial charge in [-0.1, -0.05) is 244 Å². The summed E-state index contributed by atoms with van der Waals surface area (Å²) in [7, 11) is 0. The summed E-state index contributed by atoms with van der Waals surface area (Å²) >= 11 is 0. The minimum Gasteiger partial charge on any atom is -0.394 e. The van der Waals surface area contributed by atoms with Gasteiger partial charge in [-0.25, -0.2) is 0 Å². The van der Waals surface area contributed by atoms with Crippen LogP contribution >= 0.6 is 0 Å². The quantitative estimate of drug-likeness (QED) is 0.0261. The van der Waals surface area contributed by atoms with Crippen molar-refractivity contribution in [1.82, 2.24) is 5.32 Å². The summed E-state index contributed by atoms with van der Waals surface area (Å²) in [6, 6.07) is -0.719. The highest BCUT2D eigenvalue weighted by atomic mass is 16.7. The van der Waals surface area contributed by atoms with Crippen LogP contribution in [0.5, 0.6) is 0 Å². The van der Waals surface area contributed by atoms with Crippen LogP contribution in [0.1, 0.15) is 271 Å². The molecule has 384 valence electrons. The second kappa shape index (κ2) is 46.4. The maximum Gasteiger partial charge on any atom is 0.220 e. The molecule has 0 aromatic heterocycles. The lowest BCUT2D eigenvalue weighted by atomic mass is 9.99. The Labute approximate surface area is 400 Å². The molecular weight excluding hydrogens is 815 g/mol. The lowest BCUT2D eigenvalue weighted by molar-refractivity contribution is -0.302. The molecule has 7 unspecified atom stereocenters. The molecule has 0 radical (unpaired) electrons. The average molecular weight is 922 g/mol. The number of hydrogen-bond acceptors (Lipinski definition) is 8. The monoisotopic (exact) mass is 922 g/mol. The van der Waals surface area contributed by atoms with E-state index in [0.29, 0.717) is 12.8 Å². The summed E-state index contributed by atoms with van der Waals surface area (Å²) in [6.07, 6.45) is 50.5. The fourth-order valence-corrected chi connectivity index (χ4v) is 9.08. The highest BCUT2D eigenvalue weighted by Crippen LogP contribution is 2.23. The average Bonchev–Trinajstić information content (AvgIpc) is 3.31. The van der Waals surface area contributed by atoms with E-state index >= 15 is 0 Å². The number of carbonyl (C=O) groups excluding carboxylic acids is 1. The van der Waals surface area contributed by atoms with E-state index in [4.69, 9.17) is 9.47 Å². The molecular formula is C56H107NO8. The number of unbranched alkanes of at least 4 members (excludes halogenated alkanes) is 34. The Kier molecular flexibility index (Phi) is 44.0. The number of rotatable bonds is 48. The van der Waals surface area contributed by atoms with E-state index in [1.54, 1.807) is 0 Å². The number of ether oxygens (including phenoxy) is 2. The summed E-state index contributed by atoms with van der Waals surface area (Å²) in [5.74, 6) is -0.143. The van der Waals surface area contributed by atoms with Crippen molar-refractivity contribution in [1.29, 1.82) is 0 Å². The molecule has 0 saturated carbocycles. The Morgan fingerprint density at radius 1 is 0.523 bits per heavy atom. The molecule has 1 fully saturated rings. The third kappa shape index (κ3) is 36.3. The zero-order valence-corrected chi connectivity index (χ0v) is 42.5. The Hall–Kier alpha value is -1.33. The number of carbonyl (C=O) groups is 1. The Balaban J connectivity index is 2.22. The standard InChI is InChI=1S/C56H107NO8/c1-3-5-7-9-11-13-15-17-19-21-23-24-25-26-28-30-32-34-36-38-40-42-44-46-52(60)57-49(48-64-56-55(63)54(62)53(61)51(47-58)65-56)50(59)45-43-41-39-37-35-33-31-29-27-22-20-18-16-14-12-10-8-6-4-2/h15,17,21,23,49-51,53-56,58-59,61-63H,3-14,16,18-20,22,24-48H2,1-2H3,(H,57,60)/b17-15-,23-21-. The number of nitrogens with one attached hydrogen (secondary N) is 1. The predicted octanol–water partition coefficient (Wildman–Crippen LogP) is 13.4. The van der Waals surface area contributed by atoms with Crippen LogP contribution in [0, 0.1) is 0 Å². The summed E-state index contributed by atoms with van der Waals surface area (Å²) in [4.78, 5) is 13.1. The van der Waals surface area contributed by atoms with E-state index in [0.717, 1.165) is 44.9 Å². The van der Waals surface area contributed by atoms with Crippen LogP contribution in [0.2, 0.25) is 0 Å². The van der Waals surface area contributed by atoms with E-state index < -0.39 is 49.5 Å². The fraction of sp³-hybridized carbons (Fsp3) is 0.911. The first kappa shape index (κ1) is 61.7. The van der Waals surface area contributed by atoms with Crippen LogP contribution < -0.4 is 5.32 Å². The summed E-state index contributed by atoms with van der Waals surface area (Å²) in [5, 5.41) is 54.6. The van der Waals surface area contributed by atoms with Crippen molar-refractivity contribution in [2.75, 3.05) is 13.2 Å². The topological polar surface area (TPSA) is 149 Å². The third-order valence-corrected chi connectivity index (χ3v) is 13.6. The smallest absolute Gasteiger partial charge is 0.220 e. The SMILES string of the molecule is CCCCCCC/C=C\C/C=C\CCCCCCCCCCCCCC(=O)NC(COC1OC(CO)C(O)C(O)C1O)C(O)CCCCCCCCCCCCCCCCCCCCC. The highest BCUT2D eigenvalue weighted by Gasteiger charge is 2.44. The number of amides is 1. The molecule has 1 rings (SSSR count). The van der Waals surface area contributed by atoms with E-state index in [1.807, 2.05) is 0 Å². The van der Waals surface area contributed by atoms with Gasteiger partial charge in [0.05, 0.1) is 25.4 Å². The van der Waals surface area contributed by atoms with Crippen LogP contribution in [0.4, 0.5) is 0 Å².